The average Bonchev–Trinajstić information content (AvgIpc) is 3.04. The van der Waals surface area contributed by atoms with E-state index in [1.165, 1.54) is 11.0 Å². The van der Waals surface area contributed by atoms with Crippen LogP contribution in [0, 0.1) is 0 Å². The summed E-state index contributed by atoms with van der Waals surface area (Å²) in [6.07, 6.45) is 0.560. The molecular formula is C22H30N4O5. The number of urea groups is 1. The van der Waals surface area contributed by atoms with Gasteiger partial charge in [-0.15, -0.1) is 0 Å². The van der Waals surface area contributed by atoms with Crippen LogP contribution in [0.2, 0.25) is 0 Å². The highest BCUT2D eigenvalue weighted by molar-refractivity contribution is 6.22. The molecule has 0 atom stereocenters. The molecule has 0 bridgehead atoms. The Morgan fingerprint density at radius 3 is 2.19 bits per heavy atom. The lowest BCUT2D eigenvalue weighted by Crippen LogP contribution is -2.54. The van der Waals surface area contributed by atoms with Crippen LogP contribution in [0.25, 0.3) is 0 Å². The number of piperazine rings is 1. The molecular weight excluding hydrogens is 400 g/mol. The normalized spacial score (nSPS) is 16.0. The van der Waals surface area contributed by atoms with Crippen molar-refractivity contribution in [1.82, 2.24) is 19.6 Å². The van der Waals surface area contributed by atoms with Gasteiger partial charge >= 0.3 is 6.03 Å². The molecule has 2 aliphatic heterocycles. The highest BCUT2D eigenvalue weighted by Gasteiger charge is 2.36. The van der Waals surface area contributed by atoms with Crippen LogP contribution in [-0.4, -0.2) is 103 Å². The maximum atomic E-state index is 13.0. The molecule has 0 N–H and O–H groups in total. The number of hydrogen-bond donors (Lipinski definition) is 0. The molecule has 3 rings (SSSR count). The van der Waals surface area contributed by atoms with Crippen LogP contribution in [0.3, 0.4) is 0 Å². The fourth-order valence-electron chi connectivity index (χ4n) is 3.97. The first-order chi connectivity index (χ1) is 14.9. The second kappa shape index (κ2) is 9.91. The van der Waals surface area contributed by atoms with Crippen molar-refractivity contribution in [3.63, 3.8) is 0 Å². The zero-order valence-corrected chi connectivity index (χ0v) is 18.4. The van der Waals surface area contributed by atoms with Crippen molar-refractivity contribution in [2.75, 3.05) is 59.5 Å². The Morgan fingerprint density at radius 1 is 0.968 bits per heavy atom. The molecule has 1 aromatic rings. The lowest BCUT2D eigenvalue weighted by Gasteiger charge is -2.37. The fourth-order valence-corrected chi connectivity index (χ4v) is 3.97. The molecule has 0 unspecified atom stereocenters. The summed E-state index contributed by atoms with van der Waals surface area (Å²) in [7, 11) is 1.57. The van der Waals surface area contributed by atoms with Crippen molar-refractivity contribution < 1.29 is 23.9 Å². The van der Waals surface area contributed by atoms with Gasteiger partial charge in [0.15, 0.2) is 0 Å². The van der Waals surface area contributed by atoms with Crippen molar-refractivity contribution in [3.8, 4) is 0 Å². The lowest BCUT2D eigenvalue weighted by atomic mass is 10.0. The Labute approximate surface area is 182 Å². The highest BCUT2D eigenvalue weighted by Crippen LogP contribution is 2.25. The topological polar surface area (TPSA) is 90.5 Å². The van der Waals surface area contributed by atoms with Crippen LogP contribution in [-0.2, 0) is 4.74 Å². The molecule has 0 aliphatic carbocycles. The summed E-state index contributed by atoms with van der Waals surface area (Å²) in [4.78, 5) is 57.1. The number of carbonyl (C=O) groups is 4. The van der Waals surface area contributed by atoms with E-state index >= 15 is 0 Å². The smallest absolute Gasteiger partial charge is 0.320 e. The number of benzene rings is 1. The molecule has 2 heterocycles. The van der Waals surface area contributed by atoms with Gasteiger partial charge in [0.1, 0.15) is 0 Å². The number of carbonyl (C=O) groups excluding carboxylic acids is 4. The van der Waals surface area contributed by atoms with Gasteiger partial charge in [0, 0.05) is 65.1 Å². The van der Waals surface area contributed by atoms with E-state index in [-0.39, 0.29) is 35.9 Å². The maximum absolute atomic E-state index is 13.0. The van der Waals surface area contributed by atoms with Gasteiger partial charge in [0.05, 0.1) is 11.1 Å². The second-order valence-electron chi connectivity index (χ2n) is 7.60. The number of amides is 5. The molecule has 0 aromatic heterocycles. The van der Waals surface area contributed by atoms with Crippen molar-refractivity contribution >= 4 is 23.8 Å². The van der Waals surface area contributed by atoms with E-state index < -0.39 is 0 Å². The highest BCUT2D eigenvalue weighted by atomic mass is 16.5. The van der Waals surface area contributed by atoms with Gasteiger partial charge in [-0.25, -0.2) is 4.79 Å². The molecule has 0 saturated carbocycles. The summed E-state index contributed by atoms with van der Waals surface area (Å²) in [6, 6.07) is 4.66. The predicted molar refractivity (Wildman–Crippen MR) is 114 cm³/mol. The molecule has 1 saturated heterocycles. The zero-order chi connectivity index (χ0) is 22.5. The Balaban J connectivity index is 1.65. The van der Waals surface area contributed by atoms with E-state index in [0.717, 1.165) is 0 Å². The second-order valence-corrected chi connectivity index (χ2v) is 7.60. The molecule has 0 spiro atoms. The predicted octanol–water partition coefficient (Wildman–Crippen LogP) is 1.54. The van der Waals surface area contributed by atoms with Crippen LogP contribution in [0.15, 0.2) is 18.2 Å². The van der Waals surface area contributed by atoms with Gasteiger partial charge in [0.2, 0.25) is 0 Å². The van der Waals surface area contributed by atoms with Crippen LogP contribution in [0.5, 0.6) is 0 Å². The number of methoxy groups -OCH3 is 1. The number of hydrogen-bond acceptors (Lipinski definition) is 5. The zero-order valence-electron chi connectivity index (χ0n) is 18.4. The van der Waals surface area contributed by atoms with Crippen molar-refractivity contribution in [2.45, 2.75) is 20.3 Å². The van der Waals surface area contributed by atoms with Gasteiger partial charge in [-0.3, -0.25) is 19.3 Å². The summed E-state index contributed by atoms with van der Waals surface area (Å²) in [5, 5.41) is 0. The summed E-state index contributed by atoms with van der Waals surface area (Å²) in [6.45, 7) is 7.73. The Morgan fingerprint density at radius 2 is 1.58 bits per heavy atom. The summed E-state index contributed by atoms with van der Waals surface area (Å²) >= 11 is 0. The lowest BCUT2D eigenvalue weighted by molar-refractivity contribution is 0.0635. The van der Waals surface area contributed by atoms with Crippen molar-refractivity contribution in [2.24, 2.45) is 0 Å². The fraction of sp³-hybridized carbons (Fsp3) is 0.545. The number of nitrogens with zero attached hydrogens (tertiary/aromatic N) is 4. The molecule has 1 aromatic carbocycles. The van der Waals surface area contributed by atoms with E-state index in [1.54, 1.807) is 33.9 Å². The number of rotatable bonds is 7. The minimum Gasteiger partial charge on any atom is -0.385 e. The first-order valence-electron chi connectivity index (χ1n) is 10.7. The third kappa shape index (κ3) is 4.56. The van der Waals surface area contributed by atoms with Crippen LogP contribution < -0.4 is 0 Å². The minimum absolute atomic E-state index is 0.00713. The summed E-state index contributed by atoms with van der Waals surface area (Å²) < 4.78 is 4.99. The Bertz CT molecular complexity index is 859. The molecule has 31 heavy (non-hydrogen) atoms. The third-order valence-electron chi connectivity index (χ3n) is 5.82. The van der Waals surface area contributed by atoms with Gasteiger partial charge in [-0.1, -0.05) is 0 Å². The molecule has 168 valence electrons. The van der Waals surface area contributed by atoms with Crippen LogP contribution >= 0.6 is 0 Å². The SMILES string of the molecule is CCN(CC)C(=O)N1CCN(C(=O)c2ccc3c(c2)C(=O)N(CCCOC)C3=O)CC1. The Kier molecular flexibility index (Phi) is 7.27. The van der Waals surface area contributed by atoms with E-state index in [0.29, 0.717) is 63.4 Å². The molecule has 9 heteroatoms. The van der Waals surface area contributed by atoms with Crippen molar-refractivity contribution in [1.29, 1.82) is 0 Å². The van der Waals surface area contributed by atoms with Crippen LogP contribution in [0.4, 0.5) is 4.79 Å². The molecule has 0 radical (unpaired) electrons. The quantitative estimate of drug-likeness (QED) is 0.484. The summed E-state index contributed by atoms with van der Waals surface area (Å²) in [5.41, 5.74) is 0.972. The molecule has 5 amide bonds. The summed E-state index contributed by atoms with van der Waals surface area (Å²) in [5.74, 6) is -0.908. The van der Waals surface area contributed by atoms with Gasteiger partial charge in [-0.05, 0) is 38.5 Å². The van der Waals surface area contributed by atoms with E-state index in [1.807, 2.05) is 13.8 Å². The minimum atomic E-state index is -0.375. The van der Waals surface area contributed by atoms with Gasteiger partial charge < -0.3 is 19.4 Å². The van der Waals surface area contributed by atoms with E-state index in [4.69, 9.17) is 4.74 Å². The van der Waals surface area contributed by atoms with Crippen molar-refractivity contribution in [3.05, 3.63) is 34.9 Å². The average molecular weight is 431 g/mol. The number of ether oxygens (including phenoxy) is 1. The first-order valence-corrected chi connectivity index (χ1v) is 10.7. The first kappa shape index (κ1) is 22.7. The maximum Gasteiger partial charge on any atom is 0.320 e. The van der Waals surface area contributed by atoms with Crippen LogP contribution in [0.1, 0.15) is 51.3 Å². The standard InChI is InChI=1S/C22H30N4O5/c1-4-23(5-2)22(30)25-12-10-24(11-13-25)19(27)16-7-8-17-18(15-16)21(29)26(20(17)28)9-6-14-31-3/h7-8,15H,4-6,9-14H2,1-3H3. The molecule has 9 nitrogen and oxygen atoms in total. The largest absolute Gasteiger partial charge is 0.385 e. The number of imide groups is 1. The molecule has 1 fully saturated rings. The third-order valence-corrected chi connectivity index (χ3v) is 5.82. The molecule has 2 aliphatic rings. The van der Waals surface area contributed by atoms with E-state index in [9.17, 15) is 19.2 Å². The van der Waals surface area contributed by atoms with Gasteiger partial charge in [0.25, 0.3) is 17.7 Å². The Hall–Kier alpha value is -2.94. The monoisotopic (exact) mass is 430 g/mol. The van der Waals surface area contributed by atoms with Gasteiger partial charge in [-0.2, -0.15) is 0 Å². The van der Waals surface area contributed by atoms with E-state index in [2.05, 4.69) is 0 Å². The number of fused-ring (bicyclic) bond motifs is 1.